The quantitative estimate of drug-likeness (QED) is 0.0487. The lowest BCUT2D eigenvalue weighted by atomic mass is 9.77. The zero-order chi connectivity index (χ0) is 30.6. The van der Waals surface area contributed by atoms with Crippen LogP contribution in [0.1, 0.15) is 45.9 Å². The third-order valence-electron chi connectivity index (χ3n) is 7.33. The minimum atomic E-state index is -1.06. The number of hydrogen-bond acceptors (Lipinski definition) is 2. The van der Waals surface area contributed by atoms with Gasteiger partial charge >= 0.3 is 0 Å². The Kier molecular flexibility index (Phi) is 10.1. The maximum Gasteiger partial charge on any atom is 0.159 e. The number of nitrogens with one attached hydrogen (secondary N) is 1. The molecule has 0 saturated carbocycles. The Labute approximate surface area is 264 Å². The average molecular weight is 642 g/mol. The van der Waals surface area contributed by atoms with Crippen molar-refractivity contribution in [3.8, 4) is 0 Å². The summed E-state index contributed by atoms with van der Waals surface area (Å²) >= 11 is 3.57. The fraction of sp³-hybridized carbons (Fsp3) is 0.0857. The van der Waals surface area contributed by atoms with Crippen LogP contribution in [-0.2, 0) is 10.9 Å². The predicted octanol–water partition coefficient (Wildman–Crippen LogP) is 11.0. The zero-order valence-corrected chi connectivity index (χ0v) is 25.6. The van der Waals surface area contributed by atoms with Crippen molar-refractivity contribution in [2.75, 3.05) is 0 Å². The molecule has 0 unspecified atom stereocenters. The molecule has 0 aliphatic heterocycles. The Balaban J connectivity index is 1.74. The average Bonchev–Trinajstić information content (AvgIpc) is 3.10. The van der Waals surface area contributed by atoms with E-state index in [1.165, 1.54) is 5.56 Å². The smallest absolute Gasteiger partial charge is 0.159 e. The van der Waals surface area contributed by atoms with Crippen LogP contribution in [0.25, 0.3) is 11.1 Å². The summed E-state index contributed by atoms with van der Waals surface area (Å²) in [5, 5.41) is 26.1. The molecular weight excluding hydrogens is 612 g/mol. The van der Waals surface area contributed by atoms with E-state index in [1.807, 2.05) is 72.8 Å². The SMILES string of the molecule is CC(=C(c1ccccc1)c1ccc(CBr)cc1)c1cccc(C(N=NN=NN=NN=N)(c2ccccc2)c2ccccc2)c1. The molecular formula is C35H29BrN8. The van der Waals surface area contributed by atoms with Crippen LogP contribution in [0.5, 0.6) is 0 Å². The standard InChI is InChI=1S/C35H29BrN8/c1-26(34(28-12-5-2-6-13-28)29-22-20-27(25-36)21-23-29)30-14-11-19-33(24-30)35(31-15-7-3-8-16-31,32-17-9-4-10-18-32)38-40-42-44-43-41-39-37/h2-24,37H,25H2,1H3. The molecule has 0 spiro atoms. The van der Waals surface area contributed by atoms with Crippen LogP contribution in [0.2, 0.25) is 0 Å². The van der Waals surface area contributed by atoms with Gasteiger partial charge in [0, 0.05) is 5.33 Å². The van der Waals surface area contributed by atoms with E-state index in [1.54, 1.807) is 0 Å². The Morgan fingerprint density at radius 1 is 0.568 bits per heavy atom. The molecule has 0 aromatic heterocycles. The number of nitrogens with zero attached hydrogens (tertiary/aromatic N) is 7. The van der Waals surface area contributed by atoms with Crippen molar-refractivity contribution in [1.29, 1.82) is 5.53 Å². The molecule has 0 saturated heterocycles. The highest BCUT2D eigenvalue weighted by molar-refractivity contribution is 9.08. The van der Waals surface area contributed by atoms with E-state index in [-0.39, 0.29) is 0 Å². The molecule has 0 amide bonds. The molecule has 0 atom stereocenters. The van der Waals surface area contributed by atoms with Crippen LogP contribution in [0.15, 0.2) is 176 Å². The van der Waals surface area contributed by atoms with Crippen LogP contribution in [0.4, 0.5) is 0 Å². The van der Waals surface area contributed by atoms with Gasteiger partial charge in [0.1, 0.15) is 0 Å². The number of hydrogen-bond donors (Lipinski definition) is 1. The van der Waals surface area contributed by atoms with E-state index in [0.29, 0.717) is 0 Å². The fourth-order valence-electron chi connectivity index (χ4n) is 5.28. The van der Waals surface area contributed by atoms with Gasteiger partial charge in [-0.2, -0.15) is 5.53 Å². The Bertz CT molecular complexity index is 1760. The van der Waals surface area contributed by atoms with Gasteiger partial charge in [-0.15, -0.1) is 5.11 Å². The minimum absolute atomic E-state index is 0.802. The number of allylic oxidation sites excluding steroid dienone is 1. The van der Waals surface area contributed by atoms with E-state index >= 15 is 0 Å². The summed E-state index contributed by atoms with van der Waals surface area (Å²) in [6.07, 6.45) is 0. The van der Waals surface area contributed by atoms with E-state index in [2.05, 4.69) is 121 Å². The minimum Gasteiger partial charge on any atom is -0.183 e. The highest BCUT2D eigenvalue weighted by Crippen LogP contribution is 2.42. The molecule has 44 heavy (non-hydrogen) atoms. The maximum absolute atomic E-state index is 6.74. The molecule has 8 nitrogen and oxygen atoms in total. The molecule has 0 fully saturated rings. The van der Waals surface area contributed by atoms with Crippen LogP contribution in [0.3, 0.4) is 0 Å². The number of halogens is 1. The van der Waals surface area contributed by atoms with E-state index in [0.717, 1.165) is 49.9 Å². The topological polar surface area (TPSA) is 110 Å². The van der Waals surface area contributed by atoms with Crippen molar-refractivity contribution in [2.45, 2.75) is 17.8 Å². The summed E-state index contributed by atoms with van der Waals surface area (Å²) in [6, 6.07) is 47.5. The van der Waals surface area contributed by atoms with E-state index in [9.17, 15) is 0 Å². The second kappa shape index (κ2) is 14.8. The van der Waals surface area contributed by atoms with Crippen LogP contribution >= 0.6 is 15.9 Å². The van der Waals surface area contributed by atoms with E-state index < -0.39 is 5.54 Å². The molecule has 5 aromatic carbocycles. The second-order valence-electron chi connectivity index (χ2n) is 9.87. The Morgan fingerprint density at radius 3 is 1.66 bits per heavy atom. The molecule has 0 bridgehead atoms. The van der Waals surface area contributed by atoms with Gasteiger partial charge in [0.25, 0.3) is 0 Å². The van der Waals surface area contributed by atoms with Gasteiger partial charge in [-0.25, -0.2) is 0 Å². The zero-order valence-electron chi connectivity index (χ0n) is 24.0. The fourth-order valence-corrected chi connectivity index (χ4v) is 5.65. The molecule has 9 heteroatoms. The summed E-state index contributed by atoms with van der Waals surface area (Å²) < 4.78 is 0. The van der Waals surface area contributed by atoms with Crippen molar-refractivity contribution in [1.82, 2.24) is 0 Å². The van der Waals surface area contributed by atoms with Crippen LogP contribution in [0, 0.1) is 5.53 Å². The monoisotopic (exact) mass is 640 g/mol. The summed E-state index contributed by atoms with van der Waals surface area (Å²) in [6.45, 7) is 2.16. The van der Waals surface area contributed by atoms with Crippen molar-refractivity contribution >= 4 is 27.1 Å². The van der Waals surface area contributed by atoms with Gasteiger partial charge in [-0.3, -0.25) is 0 Å². The first-order valence-corrected chi connectivity index (χ1v) is 15.0. The van der Waals surface area contributed by atoms with Crippen molar-refractivity contribution in [3.63, 3.8) is 0 Å². The number of rotatable bonds is 11. The van der Waals surface area contributed by atoms with Crippen molar-refractivity contribution in [3.05, 3.63) is 178 Å². The number of alkyl halides is 1. The molecule has 1 N–H and O–H groups in total. The number of benzene rings is 5. The normalized spacial score (nSPS) is 12.6. The first-order chi connectivity index (χ1) is 21.7. The van der Waals surface area contributed by atoms with Crippen molar-refractivity contribution in [2.24, 2.45) is 36.5 Å². The Hall–Kier alpha value is -5.28. The Morgan fingerprint density at radius 2 is 1.07 bits per heavy atom. The lowest BCUT2D eigenvalue weighted by Gasteiger charge is -2.30. The third-order valence-corrected chi connectivity index (χ3v) is 7.98. The largest absolute Gasteiger partial charge is 0.183 e. The van der Waals surface area contributed by atoms with Crippen LogP contribution in [-0.4, -0.2) is 0 Å². The van der Waals surface area contributed by atoms with Crippen LogP contribution < -0.4 is 0 Å². The molecule has 5 rings (SSSR count). The molecule has 0 aliphatic rings. The molecule has 0 aliphatic carbocycles. The summed E-state index contributed by atoms with van der Waals surface area (Å²) in [7, 11) is 0. The van der Waals surface area contributed by atoms with Gasteiger partial charge in [-0.1, -0.05) is 149 Å². The maximum atomic E-state index is 6.74. The van der Waals surface area contributed by atoms with Gasteiger partial charge in [-0.05, 0) is 94.4 Å². The van der Waals surface area contributed by atoms with Crippen molar-refractivity contribution < 1.29 is 0 Å². The molecule has 5 aromatic rings. The summed E-state index contributed by atoms with van der Waals surface area (Å²) in [5.74, 6) is 0. The molecule has 216 valence electrons. The molecule has 0 radical (unpaired) electrons. The lowest BCUT2D eigenvalue weighted by Crippen LogP contribution is -2.26. The molecule has 0 heterocycles. The van der Waals surface area contributed by atoms with E-state index in [4.69, 9.17) is 10.6 Å². The highest BCUT2D eigenvalue weighted by Gasteiger charge is 2.37. The van der Waals surface area contributed by atoms with Gasteiger partial charge in [0.15, 0.2) is 5.54 Å². The highest BCUT2D eigenvalue weighted by atomic mass is 79.9. The predicted molar refractivity (Wildman–Crippen MR) is 176 cm³/mol. The van der Waals surface area contributed by atoms with Gasteiger partial charge in [0.05, 0.1) is 0 Å². The second-order valence-corrected chi connectivity index (χ2v) is 10.4. The summed E-state index contributed by atoms with van der Waals surface area (Å²) in [4.78, 5) is 0. The third kappa shape index (κ3) is 6.68. The van der Waals surface area contributed by atoms with Gasteiger partial charge < -0.3 is 0 Å². The summed E-state index contributed by atoms with van der Waals surface area (Å²) in [5.41, 5.74) is 15.2. The van der Waals surface area contributed by atoms with Gasteiger partial charge in [0.2, 0.25) is 0 Å². The first-order valence-electron chi connectivity index (χ1n) is 13.9. The lowest BCUT2D eigenvalue weighted by molar-refractivity contribution is 0.593. The first kappa shape index (κ1) is 30.2.